The number of carbonyl (C=O) groups is 1. The highest BCUT2D eigenvalue weighted by Crippen LogP contribution is 2.16. The summed E-state index contributed by atoms with van der Waals surface area (Å²) in [4.78, 5) is 15.2. The highest BCUT2D eigenvalue weighted by molar-refractivity contribution is 6.05. The lowest BCUT2D eigenvalue weighted by molar-refractivity contribution is 0.0956. The topological polar surface area (TPSA) is 77.5 Å². The van der Waals surface area contributed by atoms with Crippen molar-refractivity contribution in [3.63, 3.8) is 0 Å². The molecule has 5 heteroatoms. The number of para-hydroxylation sites is 1. The van der Waals surface area contributed by atoms with Crippen LogP contribution in [0.5, 0.6) is 5.75 Å². The standard InChI is InChI=1S/C16H13N3O2/c20-13-6-4-11(5-7-13)10-18-19-16(21)14-3-1-2-12-8-9-17-15(12)14/h1-10,17,20H,(H,19,21)/b18-10+. The van der Waals surface area contributed by atoms with Gasteiger partial charge in [-0.15, -0.1) is 0 Å². The van der Waals surface area contributed by atoms with Crippen LogP contribution in [-0.4, -0.2) is 22.2 Å². The molecule has 0 spiro atoms. The second-order valence-corrected chi connectivity index (χ2v) is 4.54. The molecule has 5 nitrogen and oxygen atoms in total. The van der Waals surface area contributed by atoms with Crippen LogP contribution >= 0.6 is 0 Å². The molecule has 104 valence electrons. The molecule has 2 aromatic carbocycles. The zero-order valence-corrected chi connectivity index (χ0v) is 11.1. The molecule has 0 atom stereocenters. The van der Waals surface area contributed by atoms with Crippen LogP contribution in [0.2, 0.25) is 0 Å². The number of H-pyrrole nitrogens is 1. The third kappa shape index (κ3) is 2.76. The van der Waals surface area contributed by atoms with E-state index in [0.29, 0.717) is 5.56 Å². The Morgan fingerprint density at radius 2 is 1.95 bits per heavy atom. The molecule has 3 aromatic rings. The molecule has 0 fully saturated rings. The minimum Gasteiger partial charge on any atom is -0.508 e. The van der Waals surface area contributed by atoms with Crippen molar-refractivity contribution in [2.24, 2.45) is 5.10 Å². The lowest BCUT2D eigenvalue weighted by Gasteiger charge is -2.01. The fourth-order valence-electron chi connectivity index (χ4n) is 2.06. The Hall–Kier alpha value is -3.08. The number of aromatic nitrogens is 1. The van der Waals surface area contributed by atoms with Crippen LogP contribution in [0.25, 0.3) is 10.9 Å². The van der Waals surface area contributed by atoms with Crippen LogP contribution in [0.3, 0.4) is 0 Å². The normalized spacial score (nSPS) is 11.0. The van der Waals surface area contributed by atoms with Gasteiger partial charge in [0, 0.05) is 11.6 Å². The number of amides is 1. The van der Waals surface area contributed by atoms with Gasteiger partial charge in [0.2, 0.25) is 0 Å². The molecule has 3 N–H and O–H groups in total. The number of nitrogens with one attached hydrogen (secondary N) is 2. The Balaban J connectivity index is 1.74. The maximum Gasteiger partial charge on any atom is 0.273 e. The van der Waals surface area contributed by atoms with E-state index in [1.807, 2.05) is 18.2 Å². The Morgan fingerprint density at radius 3 is 2.76 bits per heavy atom. The first-order valence-corrected chi connectivity index (χ1v) is 6.42. The van der Waals surface area contributed by atoms with E-state index in [1.54, 1.807) is 36.5 Å². The Kier molecular flexibility index (Phi) is 3.39. The van der Waals surface area contributed by atoms with E-state index in [1.165, 1.54) is 6.21 Å². The lowest BCUT2D eigenvalue weighted by Crippen LogP contribution is -2.17. The van der Waals surface area contributed by atoms with E-state index in [4.69, 9.17) is 0 Å². The number of rotatable bonds is 3. The molecule has 0 aliphatic carbocycles. The van der Waals surface area contributed by atoms with Crippen molar-refractivity contribution in [2.75, 3.05) is 0 Å². The van der Waals surface area contributed by atoms with Crippen LogP contribution < -0.4 is 5.43 Å². The zero-order chi connectivity index (χ0) is 14.7. The van der Waals surface area contributed by atoms with Gasteiger partial charge in [0.05, 0.1) is 17.3 Å². The van der Waals surface area contributed by atoms with Crippen molar-refractivity contribution in [1.82, 2.24) is 10.4 Å². The SMILES string of the molecule is O=C(N/N=C/c1ccc(O)cc1)c1cccc2cc[nH]c12. The number of phenolic OH excluding ortho intramolecular Hbond substituents is 1. The number of hydrazone groups is 1. The Labute approximate surface area is 120 Å². The number of hydrogen-bond acceptors (Lipinski definition) is 3. The first kappa shape index (κ1) is 12.9. The molecule has 0 bridgehead atoms. The van der Waals surface area contributed by atoms with Crippen LogP contribution in [-0.2, 0) is 0 Å². The number of nitrogens with zero attached hydrogens (tertiary/aromatic N) is 1. The summed E-state index contributed by atoms with van der Waals surface area (Å²) >= 11 is 0. The van der Waals surface area contributed by atoms with Gasteiger partial charge in [-0.1, -0.05) is 12.1 Å². The molecular formula is C16H13N3O2. The molecule has 0 radical (unpaired) electrons. The van der Waals surface area contributed by atoms with E-state index in [0.717, 1.165) is 16.5 Å². The first-order valence-electron chi connectivity index (χ1n) is 6.42. The number of benzene rings is 2. The fourth-order valence-corrected chi connectivity index (χ4v) is 2.06. The van der Waals surface area contributed by atoms with E-state index in [-0.39, 0.29) is 11.7 Å². The molecule has 3 rings (SSSR count). The number of hydrogen-bond donors (Lipinski definition) is 3. The molecule has 0 saturated heterocycles. The average molecular weight is 279 g/mol. The van der Waals surface area contributed by atoms with Crippen molar-refractivity contribution in [1.29, 1.82) is 0 Å². The second kappa shape index (κ2) is 5.50. The summed E-state index contributed by atoms with van der Waals surface area (Å²) in [6.45, 7) is 0. The summed E-state index contributed by atoms with van der Waals surface area (Å²) in [6, 6.07) is 13.9. The summed E-state index contributed by atoms with van der Waals surface area (Å²) in [5, 5.41) is 14.1. The van der Waals surface area contributed by atoms with Gasteiger partial charge < -0.3 is 10.1 Å². The van der Waals surface area contributed by atoms with Crippen LogP contribution in [0.1, 0.15) is 15.9 Å². The van der Waals surface area contributed by atoms with Crippen LogP contribution in [0.15, 0.2) is 59.8 Å². The van der Waals surface area contributed by atoms with Crippen LogP contribution in [0.4, 0.5) is 0 Å². The summed E-state index contributed by atoms with van der Waals surface area (Å²) in [5.74, 6) is -0.0901. The summed E-state index contributed by atoms with van der Waals surface area (Å²) < 4.78 is 0. The fraction of sp³-hybridized carbons (Fsp3) is 0. The zero-order valence-electron chi connectivity index (χ0n) is 11.1. The maximum atomic E-state index is 12.1. The molecule has 0 aliphatic rings. The molecule has 0 aliphatic heterocycles. The third-order valence-corrected chi connectivity index (χ3v) is 3.10. The van der Waals surface area contributed by atoms with E-state index >= 15 is 0 Å². The van der Waals surface area contributed by atoms with Crippen molar-refractivity contribution >= 4 is 23.0 Å². The summed E-state index contributed by atoms with van der Waals surface area (Å²) in [6.07, 6.45) is 3.31. The van der Waals surface area contributed by atoms with Crippen molar-refractivity contribution in [2.45, 2.75) is 0 Å². The summed E-state index contributed by atoms with van der Waals surface area (Å²) in [7, 11) is 0. The number of carbonyl (C=O) groups excluding carboxylic acids is 1. The summed E-state index contributed by atoms with van der Waals surface area (Å²) in [5.41, 5.74) is 4.60. The van der Waals surface area contributed by atoms with Crippen molar-refractivity contribution < 1.29 is 9.90 Å². The predicted molar refractivity (Wildman–Crippen MR) is 81.5 cm³/mol. The van der Waals surface area contributed by atoms with Gasteiger partial charge in [-0.05, 0) is 42.0 Å². The molecular weight excluding hydrogens is 266 g/mol. The number of aromatic hydroxyl groups is 1. The Morgan fingerprint density at radius 1 is 1.14 bits per heavy atom. The minimum absolute atomic E-state index is 0.189. The molecule has 0 unspecified atom stereocenters. The second-order valence-electron chi connectivity index (χ2n) is 4.54. The van der Waals surface area contributed by atoms with Gasteiger partial charge in [0.25, 0.3) is 5.91 Å². The van der Waals surface area contributed by atoms with E-state index < -0.39 is 0 Å². The molecule has 1 amide bonds. The molecule has 0 saturated carbocycles. The highest BCUT2D eigenvalue weighted by Gasteiger charge is 2.09. The van der Waals surface area contributed by atoms with Gasteiger partial charge in [0.15, 0.2) is 0 Å². The smallest absolute Gasteiger partial charge is 0.273 e. The predicted octanol–water partition coefficient (Wildman–Crippen LogP) is 2.64. The third-order valence-electron chi connectivity index (χ3n) is 3.10. The average Bonchev–Trinajstić information content (AvgIpc) is 2.97. The number of aromatic amines is 1. The van der Waals surface area contributed by atoms with Gasteiger partial charge in [-0.25, -0.2) is 5.43 Å². The molecule has 21 heavy (non-hydrogen) atoms. The quantitative estimate of drug-likeness (QED) is 0.509. The van der Waals surface area contributed by atoms with Gasteiger partial charge >= 0.3 is 0 Å². The van der Waals surface area contributed by atoms with Gasteiger partial charge in [-0.2, -0.15) is 5.10 Å². The lowest BCUT2D eigenvalue weighted by atomic mass is 10.1. The van der Waals surface area contributed by atoms with Crippen molar-refractivity contribution in [3.8, 4) is 5.75 Å². The van der Waals surface area contributed by atoms with Gasteiger partial charge in [-0.3, -0.25) is 4.79 Å². The number of fused-ring (bicyclic) bond motifs is 1. The number of phenols is 1. The first-order chi connectivity index (χ1) is 10.2. The highest BCUT2D eigenvalue weighted by atomic mass is 16.3. The van der Waals surface area contributed by atoms with E-state index in [2.05, 4.69) is 15.5 Å². The maximum absolute atomic E-state index is 12.1. The largest absolute Gasteiger partial charge is 0.508 e. The minimum atomic E-state index is -0.280. The van der Waals surface area contributed by atoms with Crippen LogP contribution in [0, 0.1) is 0 Å². The molecule has 1 aromatic heterocycles. The molecule has 1 heterocycles. The van der Waals surface area contributed by atoms with Crippen molar-refractivity contribution in [3.05, 3.63) is 65.9 Å². The Bertz CT molecular complexity index is 804. The van der Waals surface area contributed by atoms with E-state index in [9.17, 15) is 9.90 Å². The van der Waals surface area contributed by atoms with Gasteiger partial charge in [0.1, 0.15) is 5.75 Å². The monoisotopic (exact) mass is 279 g/mol.